The SMILES string of the molecule is COc1cc(P(C)(C)=O)ccc1NCC#Cc1nn2c(N[C@@H]3CCN(C4CS(=O)C4)C[C@@H]3F)cccc2c1SC(F)(F)F. The van der Waals surface area contributed by atoms with Gasteiger partial charge in [0.1, 0.15) is 30.6 Å². The normalized spacial score (nSPS) is 22.9. The molecule has 0 aliphatic carbocycles. The highest BCUT2D eigenvalue weighted by atomic mass is 32.2. The fourth-order valence-electron chi connectivity index (χ4n) is 5.09. The van der Waals surface area contributed by atoms with Crippen LogP contribution < -0.4 is 20.7 Å². The van der Waals surface area contributed by atoms with Gasteiger partial charge in [0, 0.05) is 46.7 Å². The number of hydrogen-bond acceptors (Lipinski definition) is 8. The van der Waals surface area contributed by atoms with Crippen molar-refractivity contribution in [2.24, 2.45) is 0 Å². The number of rotatable bonds is 8. The Bertz CT molecular complexity index is 1630. The maximum absolute atomic E-state index is 15.2. The van der Waals surface area contributed by atoms with Gasteiger partial charge < -0.3 is 19.9 Å². The van der Waals surface area contributed by atoms with Crippen molar-refractivity contribution in [1.29, 1.82) is 0 Å². The van der Waals surface area contributed by atoms with Crippen LogP contribution in [0.15, 0.2) is 41.3 Å². The zero-order valence-electron chi connectivity index (χ0n) is 23.8. The van der Waals surface area contributed by atoms with Crippen molar-refractivity contribution < 1.29 is 31.1 Å². The minimum atomic E-state index is -4.57. The maximum Gasteiger partial charge on any atom is 0.446 e. The van der Waals surface area contributed by atoms with E-state index in [1.165, 1.54) is 17.7 Å². The van der Waals surface area contributed by atoms with Crippen molar-refractivity contribution in [2.45, 2.75) is 35.1 Å². The van der Waals surface area contributed by atoms with Gasteiger partial charge in [-0.2, -0.15) is 18.3 Å². The molecule has 2 atom stereocenters. The van der Waals surface area contributed by atoms with Gasteiger partial charge in [-0.05, 0) is 67.8 Å². The number of alkyl halides is 4. The average molecular weight is 658 g/mol. The molecule has 5 rings (SSSR count). The molecule has 3 aromatic rings. The monoisotopic (exact) mass is 657 g/mol. The fourth-order valence-corrected chi connectivity index (χ4v) is 7.81. The number of ether oxygens (including phenoxy) is 1. The smallest absolute Gasteiger partial charge is 0.446 e. The molecule has 2 aromatic heterocycles. The molecule has 0 amide bonds. The number of pyridine rings is 1. The maximum atomic E-state index is 15.2. The number of anilines is 2. The van der Waals surface area contributed by atoms with Gasteiger partial charge >= 0.3 is 5.51 Å². The van der Waals surface area contributed by atoms with Crippen molar-refractivity contribution >= 4 is 52.0 Å². The number of halogens is 4. The molecule has 8 nitrogen and oxygen atoms in total. The molecule has 4 heterocycles. The van der Waals surface area contributed by atoms with E-state index in [4.69, 9.17) is 4.74 Å². The molecule has 43 heavy (non-hydrogen) atoms. The highest BCUT2D eigenvalue weighted by Crippen LogP contribution is 2.41. The Hall–Kier alpha value is -2.72. The van der Waals surface area contributed by atoms with Crippen LogP contribution in [-0.2, 0) is 15.4 Å². The van der Waals surface area contributed by atoms with E-state index >= 15 is 4.39 Å². The van der Waals surface area contributed by atoms with Gasteiger partial charge in [0.25, 0.3) is 0 Å². The van der Waals surface area contributed by atoms with E-state index in [0.29, 0.717) is 47.0 Å². The van der Waals surface area contributed by atoms with Crippen LogP contribution in [-0.4, -0.2) is 94.1 Å². The third-order valence-electron chi connectivity index (χ3n) is 7.39. The molecule has 0 unspecified atom stereocenters. The molecule has 2 fully saturated rings. The molecule has 2 aliphatic heterocycles. The van der Waals surface area contributed by atoms with E-state index in [0.717, 1.165) is 0 Å². The predicted octanol–water partition coefficient (Wildman–Crippen LogP) is 4.62. The summed E-state index contributed by atoms with van der Waals surface area (Å²) in [4.78, 5) is 1.88. The van der Waals surface area contributed by atoms with Gasteiger partial charge in [-0.25, -0.2) is 8.91 Å². The van der Waals surface area contributed by atoms with Crippen LogP contribution in [0, 0.1) is 11.8 Å². The van der Waals surface area contributed by atoms with Crippen molar-refractivity contribution in [2.75, 3.05) is 62.2 Å². The number of likely N-dealkylation sites (tertiary alicyclic amines) is 1. The second-order valence-corrected chi connectivity index (χ2v) is 16.6. The Morgan fingerprint density at radius 1 is 1.23 bits per heavy atom. The minimum Gasteiger partial charge on any atom is -0.495 e. The van der Waals surface area contributed by atoms with E-state index in [-0.39, 0.29) is 47.0 Å². The van der Waals surface area contributed by atoms with E-state index in [2.05, 4.69) is 27.6 Å². The molecule has 2 aliphatic rings. The molecule has 15 heteroatoms. The lowest BCUT2D eigenvalue weighted by molar-refractivity contribution is -0.0327. The van der Waals surface area contributed by atoms with E-state index in [1.54, 1.807) is 43.7 Å². The summed E-state index contributed by atoms with van der Waals surface area (Å²) in [6.07, 6.45) is -0.723. The third kappa shape index (κ3) is 7.51. The Morgan fingerprint density at radius 3 is 2.65 bits per heavy atom. The molecule has 2 saturated heterocycles. The summed E-state index contributed by atoms with van der Waals surface area (Å²) in [5.41, 5.74) is -3.83. The van der Waals surface area contributed by atoms with Gasteiger partial charge in [0.05, 0.1) is 35.8 Å². The Morgan fingerprint density at radius 2 is 2.00 bits per heavy atom. The van der Waals surface area contributed by atoms with Crippen molar-refractivity contribution in [3.8, 4) is 17.6 Å². The Kier molecular flexibility index (Phi) is 9.37. The van der Waals surface area contributed by atoms with Crippen molar-refractivity contribution in [1.82, 2.24) is 14.5 Å². The first-order chi connectivity index (χ1) is 20.3. The topological polar surface area (TPSA) is 88.0 Å². The number of hydrogen-bond donors (Lipinski definition) is 2. The molecule has 2 N–H and O–H groups in total. The van der Waals surface area contributed by atoms with E-state index in [1.807, 2.05) is 4.90 Å². The van der Waals surface area contributed by atoms with Crippen LogP contribution in [0.1, 0.15) is 12.1 Å². The summed E-state index contributed by atoms with van der Waals surface area (Å²) in [6, 6.07) is 9.50. The molecular formula is C28H32F4N5O3PS2. The lowest BCUT2D eigenvalue weighted by Crippen LogP contribution is -2.57. The Labute approximate surface area is 254 Å². The summed E-state index contributed by atoms with van der Waals surface area (Å²) in [5.74, 6) is 7.57. The fraction of sp³-hybridized carbons (Fsp3) is 0.464. The molecule has 0 radical (unpaired) electrons. The van der Waals surface area contributed by atoms with E-state index < -0.39 is 35.7 Å². The highest BCUT2D eigenvalue weighted by molar-refractivity contribution is 8.00. The summed E-state index contributed by atoms with van der Waals surface area (Å²) < 4.78 is 86.5. The number of benzene rings is 1. The lowest BCUT2D eigenvalue weighted by atomic mass is 10.0. The van der Waals surface area contributed by atoms with Crippen LogP contribution in [0.4, 0.5) is 29.1 Å². The molecule has 232 valence electrons. The molecule has 0 saturated carbocycles. The van der Waals surface area contributed by atoms with Crippen LogP contribution >= 0.6 is 18.9 Å². The number of nitrogens with one attached hydrogen (secondary N) is 2. The number of nitrogens with zero attached hydrogens (tertiary/aromatic N) is 3. The standard InChI is InChI=1S/C28H32F4N5O3PS2/c1-40-25-14-19(41(2,3)38)9-10-22(25)33-12-5-6-23-27(42-28(30,31)32)24-7-4-8-26(37(24)35-23)34-21-11-13-36(15-20(21)29)18-16-43(39)17-18/h4,7-10,14,18,20-21,33-34H,11-13,15-17H2,1-3H3/t18?,20-,21+,43?/m0/s1. The Balaban J connectivity index is 1.35. The average Bonchev–Trinajstić information content (AvgIpc) is 3.26. The number of thioether (sulfide) groups is 1. The third-order valence-corrected chi connectivity index (χ3v) is 11.3. The van der Waals surface area contributed by atoms with Gasteiger partial charge in [0.2, 0.25) is 0 Å². The largest absolute Gasteiger partial charge is 0.495 e. The quantitative estimate of drug-likeness (QED) is 0.157. The molecule has 0 spiro atoms. The molecule has 0 bridgehead atoms. The summed E-state index contributed by atoms with van der Waals surface area (Å²) in [7, 11) is -1.83. The van der Waals surface area contributed by atoms with Gasteiger partial charge in [0.15, 0.2) is 0 Å². The van der Waals surface area contributed by atoms with Crippen molar-refractivity contribution in [3.63, 3.8) is 0 Å². The molecular weight excluding hydrogens is 625 g/mol. The first-order valence-electron chi connectivity index (χ1n) is 13.6. The van der Waals surface area contributed by atoms with Gasteiger partial charge in [-0.1, -0.05) is 12.0 Å². The van der Waals surface area contributed by atoms with Crippen molar-refractivity contribution in [3.05, 3.63) is 42.1 Å². The second-order valence-electron chi connectivity index (χ2n) is 10.8. The summed E-state index contributed by atoms with van der Waals surface area (Å²) in [6.45, 7) is 4.24. The van der Waals surface area contributed by atoms with Crippen LogP contribution in [0.25, 0.3) is 5.52 Å². The minimum absolute atomic E-state index is 0.0526. The summed E-state index contributed by atoms with van der Waals surface area (Å²) in [5, 5.41) is 11.3. The van der Waals surface area contributed by atoms with Crippen LogP contribution in [0.5, 0.6) is 5.75 Å². The first kappa shape index (κ1) is 31.7. The second kappa shape index (κ2) is 12.7. The first-order valence-corrected chi connectivity index (χ1v) is 18.5. The number of fused-ring (bicyclic) bond motifs is 1. The zero-order chi connectivity index (χ0) is 30.9. The predicted molar refractivity (Wildman–Crippen MR) is 165 cm³/mol. The summed E-state index contributed by atoms with van der Waals surface area (Å²) >= 11 is -0.290. The number of piperidine rings is 1. The number of aromatic nitrogens is 2. The van der Waals surface area contributed by atoms with Crippen LogP contribution in [0.3, 0.4) is 0 Å². The highest BCUT2D eigenvalue weighted by Gasteiger charge is 2.38. The van der Waals surface area contributed by atoms with Crippen LogP contribution in [0.2, 0.25) is 0 Å². The van der Waals surface area contributed by atoms with E-state index in [9.17, 15) is 21.9 Å². The van der Waals surface area contributed by atoms with Gasteiger partial charge in [-0.15, -0.1) is 0 Å². The lowest BCUT2D eigenvalue weighted by Gasteiger charge is -2.42. The number of methoxy groups -OCH3 is 1. The molecule has 1 aromatic carbocycles. The zero-order valence-corrected chi connectivity index (χ0v) is 26.3. The van der Waals surface area contributed by atoms with Gasteiger partial charge in [-0.3, -0.25) is 9.11 Å².